The summed E-state index contributed by atoms with van der Waals surface area (Å²) < 4.78 is 26.8. The topological polar surface area (TPSA) is 169 Å². The molecule has 0 bridgehead atoms. The van der Waals surface area contributed by atoms with E-state index in [4.69, 9.17) is 13.8 Å². The fourth-order valence-electron chi connectivity index (χ4n) is 5.66. The van der Waals surface area contributed by atoms with Crippen LogP contribution in [0.25, 0.3) is 0 Å². The predicted molar refractivity (Wildman–Crippen MR) is 244 cm³/mol. The minimum atomic E-state index is -4.77. The van der Waals surface area contributed by atoms with Crippen molar-refractivity contribution in [2.24, 2.45) is 0 Å². The number of phosphoric ester groups is 1. The molecule has 11 nitrogen and oxygen atoms in total. The molecule has 0 radical (unpaired) electrons. The molecule has 0 aliphatic carbocycles. The molecule has 3 unspecified atom stereocenters. The van der Waals surface area contributed by atoms with Crippen LogP contribution in [-0.4, -0.2) is 64.9 Å². The first kappa shape index (κ1) is 56.7. The average Bonchev–Trinajstić information content (AvgIpc) is 3.22. The molecule has 0 rings (SSSR count). The van der Waals surface area contributed by atoms with E-state index >= 15 is 0 Å². The van der Waals surface area contributed by atoms with Crippen LogP contribution in [0.3, 0.4) is 0 Å². The van der Waals surface area contributed by atoms with Gasteiger partial charge in [-0.1, -0.05) is 150 Å². The molecule has 0 heterocycles. The molecule has 0 saturated carbocycles. The normalized spacial score (nSPS) is 14.5. The first-order valence-corrected chi connectivity index (χ1v) is 24.1. The van der Waals surface area contributed by atoms with Gasteiger partial charge in [0.2, 0.25) is 5.91 Å². The third kappa shape index (κ3) is 41.4. The van der Waals surface area contributed by atoms with E-state index in [0.29, 0.717) is 12.8 Å². The third-order valence-electron chi connectivity index (χ3n) is 9.17. The Hall–Kier alpha value is -3.34. The predicted octanol–water partition coefficient (Wildman–Crippen LogP) is 11.9. The standard InChI is InChI=1S/C48H80NO10P/c1-3-5-7-9-11-13-15-17-19-20-21-22-23-24-26-27-29-31-33-35-37-39-46(51)49-45(48(53)54)43-59-60(55,56)58-42-44(50)41-57-47(52)40-38-36-34-32-30-28-25-18-16-14-12-10-8-6-4-2/h6,8,11-14,17-19,21-22,25,30,32,44-45,50H,3-5,7,9-10,15-16,20,23-24,26-29,31,33-43H2,1-2H3,(H,49,51)(H,53,54)(H,55,56)/b8-6-,13-11-,14-12-,19-17-,22-21-,25-18-,32-30-. The second kappa shape index (κ2) is 42.4. The van der Waals surface area contributed by atoms with Crippen LogP contribution in [0.5, 0.6) is 0 Å². The minimum Gasteiger partial charge on any atom is -0.480 e. The number of hydrogen-bond acceptors (Lipinski definition) is 8. The van der Waals surface area contributed by atoms with Crippen LogP contribution in [0.15, 0.2) is 85.1 Å². The molecule has 0 saturated heterocycles. The van der Waals surface area contributed by atoms with Crippen LogP contribution < -0.4 is 5.32 Å². The molecular formula is C48H80NO10P. The van der Waals surface area contributed by atoms with E-state index in [2.05, 4.69) is 104 Å². The van der Waals surface area contributed by atoms with E-state index in [9.17, 15) is 34.1 Å². The number of aliphatic hydroxyl groups is 1. The summed E-state index contributed by atoms with van der Waals surface area (Å²) in [6, 6.07) is -1.56. The summed E-state index contributed by atoms with van der Waals surface area (Å²) in [4.78, 5) is 46.0. The van der Waals surface area contributed by atoms with Crippen molar-refractivity contribution in [1.29, 1.82) is 0 Å². The number of carboxylic acid groups (broad SMARTS) is 1. The maximum absolute atomic E-state index is 12.3. The smallest absolute Gasteiger partial charge is 0.472 e. The maximum atomic E-state index is 12.3. The third-order valence-corrected chi connectivity index (χ3v) is 10.1. The fourth-order valence-corrected chi connectivity index (χ4v) is 6.44. The van der Waals surface area contributed by atoms with Crippen LogP contribution in [0, 0.1) is 0 Å². The summed E-state index contributed by atoms with van der Waals surface area (Å²) in [5.41, 5.74) is 0. The van der Waals surface area contributed by atoms with E-state index in [1.807, 2.05) is 0 Å². The van der Waals surface area contributed by atoms with Crippen molar-refractivity contribution in [3.8, 4) is 0 Å². The first-order valence-electron chi connectivity index (χ1n) is 22.6. The van der Waals surface area contributed by atoms with Crippen LogP contribution in [0.4, 0.5) is 0 Å². The van der Waals surface area contributed by atoms with Crippen LogP contribution >= 0.6 is 7.82 Å². The van der Waals surface area contributed by atoms with Crippen molar-refractivity contribution in [3.05, 3.63) is 85.1 Å². The number of unbranched alkanes of at least 4 members (excludes halogenated alkanes) is 13. The lowest BCUT2D eigenvalue weighted by Crippen LogP contribution is -2.43. The van der Waals surface area contributed by atoms with Gasteiger partial charge < -0.3 is 25.2 Å². The number of aliphatic carboxylic acids is 1. The Morgan fingerprint density at radius 3 is 1.47 bits per heavy atom. The average molecular weight is 862 g/mol. The molecule has 0 aromatic heterocycles. The molecule has 342 valence electrons. The van der Waals surface area contributed by atoms with Gasteiger partial charge in [-0.3, -0.25) is 18.6 Å². The van der Waals surface area contributed by atoms with Gasteiger partial charge >= 0.3 is 19.8 Å². The van der Waals surface area contributed by atoms with Crippen molar-refractivity contribution in [2.45, 2.75) is 180 Å². The largest absolute Gasteiger partial charge is 0.480 e. The van der Waals surface area contributed by atoms with Gasteiger partial charge in [0.25, 0.3) is 0 Å². The fraction of sp³-hybridized carbons (Fsp3) is 0.646. The Bertz CT molecular complexity index is 1340. The Balaban J connectivity index is 3.96. The number of allylic oxidation sites excluding steroid dienone is 14. The van der Waals surface area contributed by atoms with Crippen molar-refractivity contribution in [1.82, 2.24) is 5.32 Å². The number of rotatable bonds is 41. The number of nitrogens with one attached hydrogen (secondary N) is 1. The Morgan fingerprint density at radius 2 is 0.967 bits per heavy atom. The monoisotopic (exact) mass is 862 g/mol. The lowest BCUT2D eigenvalue weighted by atomic mass is 10.1. The molecular weight excluding hydrogens is 781 g/mol. The number of esters is 1. The van der Waals surface area contributed by atoms with Gasteiger partial charge in [-0.15, -0.1) is 0 Å². The van der Waals surface area contributed by atoms with Gasteiger partial charge in [0.1, 0.15) is 12.7 Å². The number of carbonyl (C=O) groups is 3. The minimum absolute atomic E-state index is 0.130. The molecule has 4 N–H and O–H groups in total. The highest BCUT2D eigenvalue weighted by molar-refractivity contribution is 7.47. The molecule has 0 aliphatic rings. The van der Waals surface area contributed by atoms with Gasteiger partial charge in [0, 0.05) is 12.8 Å². The maximum Gasteiger partial charge on any atom is 0.472 e. The van der Waals surface area contributed by atoms with Gasteiger partial charge in [0.05, 0.1) is 13.2 Å². The van der Waals surface area contributed by atoms with E-state index in [0.717, 1.165) is 83.5 Å². The number of ether oxygens (including phenoxy) is 1. The van der Waals surface area contributed by atoms with E-state index in [1.54, 1.807) is 0 Å². The van der Waals surface area contributed by atoms with Crippen molar-refractivity contribution >= 4 is 25.7 Å². The van der Waals surface area contributed by atoms with Crippen LogP contribution in [0.1, 0.15) is 168 Å². The van der Waals surface area contributed by atoms with E-state index in [1.165, 1.54) is 44.9 Å². The number of hydrogen-bond donors (Lipinski definition) is 4. The summed E-state index contributed by atoms with van der Waals surface area (Å²) in [5, 5.41) is 21.8. The van der Waals surface area contributed by atoms with Gasteiger partial charge in [-0.05, 0) is 89.9 Å². The van der Waals surface area contributed by atoms with Gasteiger partial charge in [-0.2, -0.15) is 0 Å². The molecule has 12 heteroatoms. The number of carboxylic acids is 1. The second-order valence-corrected chi connectivity index (χ2v) is 16.3. The molecule has 0 fully saturated rings. The number of amides is 1. The van der Waals surface area contributed by atoms with Gasteiger partial charge in [0.15, 0.2) is 6.04 Å². The molecule has 0 aliphatic heterocycles. The summed E-state index contributed by atoms with van der Waals surface area (Å²) in [7, 11) is -4.77. The SMILES string of the molecule is CC/C=C\C/C=C\C/C=C\C/C=C\CCCCC(=O)OCC(O)COP(=O)(O)OCC(NC(=O)CCCCCCCCCC/C=C\C/C=C\C/C=C\CCCCC)C(=O)O. The molecule has 1 amide bonds. The lowest BCUT2D eigenvalue weighted by Gasteiger charge is -2.18. The summed E-state index contributed by atoms with van der Waals surface area (Å²) in [6.45, 7) is 2.39. The molecule has 0 spiro atoms. The number of aliphatic hydroxyl groups excluding tert-OH is 1. The van der Waals surface area contributed by atoms with Gasteiger partial charge in [-0.25, -0.2) is 9.36 Å². The Labute approximate surface area is 362 Å². The van der Waals surface area contributed by atoms with Crippen LogP contribution in [0.2, 0.25) is 0 Å². The zero-order chi connectivity index (χ0) is 44.2. The van der Waals surface area contributed by atoms with Crippen LogP contribution in [-0.2, 0) is 32.7 Å². The second-order valence-electron chi connectivity index (χ2n) is 14.9. The Kier molecular flexibility index (Phi) is 40.0. The molecule has 0 aromatic carbocycles. The first-order chi connectivity index (χ1) is 29.1. The quantitative estimate of drug-likeness (QED) is 0.0201. The summed E-state index contributed by atoms with van der Waals surface area (Å²) >= 11 is 0. The van der Waals surface area contributed by atoms with Crippen molar-refractivity contribution in [3.63, 3.8) is 0 Å². The van der Waals surface area contributed by atoms with E-state index < -0.39 is 57.6 Å². The van der Waals surface area contributed by atoms with Crippen molar-refractivity contribution in [2.75, 3.05) is 19.8 Å². The lowest BCUT2D eigenvalue weighted by molar-refractivity contribution is -0.147. The molecule has 60 heavy (non-hydrogen) atoms. The number of carbonyl (C=O) groups excluding carboxylic acids is 2. The highest BCUT2D eigenvalue weighted by atomic mass is 31.2. The zero-order valence-corrected chi connectivity index (χ0v) is 37.9. The number of phosphoric acid groups is 1. The highest BCUT2D eigenvalue weighted by Crippen LogP contribution is 2.43. The van der Waals surface area contributed by atoms with Crippen molar-refractivity contribution < 1.29 is 47.8 Å². The zero-order valence-electron chi connectivity index (χ0n) is 37.0. The molecule has 0 aromatic rings. The Morgan fingerprint density at radius 1 is 0.550 bits per heavy atom. The summed E-state index contributed by atoms with van der Waals surface area (Å²) in [6.07, 6.45) is 51.8. The highest BCUT2D eigenvalue weighted by Gasteiger charge is 2.28. The molecule has 3 atom stereocenters. The van der Waals surface area contributed by atoms with E-state index in [-0.39, 0.29) is 12.8 Å². The summed E-state index contributed by atoms with van der Waals surface area (Å²) in [5.74, 6) is -2.44.